The molecule has 0 aromatic heterocycles. The van der Waals surface area contributed by atoms with Crippen molar-refractivity contribution in [2.45, 2.75) is 38.1 Å². The molecule has 16 heavy (non-hydrogen) atoms. The van der Waals surface area contributed by atoms with Gasteiger partial charge >= 0.3 is 0 Å². The van der Waals surface area contributed by atoms with Gasteiger partial charge in [0.2, 0.25) is 10.0 Å². The summed E-state index contributed by atoms with van der Waals surface area (Å²) in [6.45, 7) is 1.19. The van der Waals surface area contributed by atoms with E-state index in [9.17, 15) is 8.42 Å². The van der Waals surface area contributed by atoms with Gasteiger partial charge in [-0.05, 0) is 25.2 Å². The van der Waals surface area contributed by atoms with E-state index in [0.29, 0.717) is 24.8 Å². The molecule has 2 N–H and O–H groups in total. The number of nitrogens with two attached hydrogens (primary N) is 1. The van der Waals surface area contributed by atoms with Crippen LogP contribution in [-0.4, -0.2) is 37.6 Å². The monoisotopic (exact) mass is 268 g/mol. The zero-order valence-electron chi connectivity index (χ0n) is 9.47. The zero-order chi connectivity index (χ0) is 10.9. The van der Waals surface area contributed by atoms with Gasteiger partial charge < -0.3 is 5.73 Å². The van der Waals surface area contributed by atoms with Crippen molar-refractivity contribution < 1.29 is 8.42 Å². The number of sulfonamides is 1. The first kappa shape index (κ1) is 14.2. The van der Waals surface area contributed by atoms with E-state index < -0.39 is 10.0 Å². The molecule has 2 fully saturated rings. The fourth-order valence-corrected chi connectivity index (χ4v) is 3.79. The van der Waals surface area contributed by atoms with E-state index in [0.717, 1.165) is 19.3 Å². The Bertz CT molecular complexity index is 317. The molecule has 0 aromatic rings. The second-order valence-corrected chi connectivity index (χ2v) is 6.90. The Kier molecular flexibility index (Phi) is 5.04. The third-order valence-electron chi connectivity index (χ3n) is 3.29. The van der Waals surface area contributed by atoms with E-state index >= 15 is 0 Å². The molecule has 0 bridgehead atoms. The summed E-state index contributed by atoms with van der Waals surface area (Å²) in [4.78, 5) is 0. The van der Waals surface area contributed by atoms with E-state index in [1.807, 2.05) is 0 Å². The van der Waals surface area contributed by atoms with Crippen LogP contribution in [0.15, 0.2) is 0 Å². The van der Waals surface area contributed by atoms with Crippen molar-refractivity contribution in [2.24, 2.45) is 11.7 Å². The number of halogens is 1. The van der Waals surface area contributed by atoms with Crippen LogP contribution in [0.25, 0.3) is 0 Å². The average molecular weight is 269 g/mol. The molecule has 2 rings (SSSR count). The molecule has 0 aromatic carbocycles. The van der Waals surface area contributed by atoms with Gasteiger partial charge in [0, 0.05) is 19.1 Å². The smallest absolute Gasteiger partial charge is 0.214 e. The number of hydrogen-bond donors (Lipinski definition) is 1. The second-order valence-electron chi connectivity index (χ2n) is 4.81. The molecule has 1 aliphatic carbocycles. The van der Waals surface area contributed by atoms with Crippen LogP contribution in [0.3, 0.4) is 0 Å². The van der Waals surface area contributed by atoms with Gasteiger partial charge in [0.25, 0.3) is 0 Å². The minimum atomic E-state index is -3.02. The number of nitrogens with zero attached hydrogens (tertiary/aromatic N) is 1. The molecular weight excluding hydrogens is 248 g/mol. The Hall–Kier alpha value is 0.160. The lowest BCUT2D eigenvalue weighted by Gasteiger charge is -2.29. The minimum absolute atomic E-state index is 0. The van der Waals surface area contributed by atoms with Crippen molar-refractivity contribution in [3.8, 4) is 0 Å². The van der Waals surface area contributed by atoms with Gasteiger partial charge in [0.15, 0.2) is 0 Å². The fraction of sp³-hybridized carbons (Fsp3) is 1.00. The Morgan fingerprint density at radius 1 is 1.25 bits per heavy atom. The molecule has 1 aliphatic heterocycles. The van der Waals surface area contributed by atoms with Gasteiger partial charge in [0.1, 0.15) is 0 Å². The molecule has 0 amide bonds. The van der Waals surface area contributed by atoms with Gasteiger partial charge in [-0.15, -0.1) is 12.4 Å². The molecular formula is C10H21ClN2O2S. The Morgan fingerprint density at radius 2 is 1.94 bits per heavy atom. The van der Waals surface area contributed by atoms with E-state index in [4.69, 9.17) is 5.73 Å². The van der Waals surface area contributed by atoms with Crippen LogP contribution < -0.4 is 5.73 Å². The van der Waals surface area contributed by atoms with Gasteiger partial charge in [-0.3, -0.25) is 0 Å². The largest absolute Gasteiger partial charge is 0.327 e. The number of rotatable bonds is 4. The summed E-state index contributed by atoms with van der Waals surface area (Å²) in [5, 5.41) is 0. The number of hydrogen-bond acceptors (Lipinski definition) is 3. The van der Waals surface area contributed by atoms with Crippen LogP contribution in [0.4, 0.5) is 0 Å². The SMILES string of the molecule is Cl.N[C@@H]1CCCN(S(=O)(=O)CCC2CC2)C1. The summed E-state index contributed by atoms with van der Waals surface area (Å²) < 4.78 is 25.5. The van der Waals surface area contributed by atoms with E-state index in [1.165, 1.54) is 12.8 Å². The topological polar surface area (TPSA) is 63.4 Å². The maximum absolute atomic E-state index is 11.9. The van der Waals surface area contributed by atoms with Gasteiger partial charge in [0.05, 0.1) is 5.75 Å². The summed E-state index contributed by atoms with van der Waals surface area (Å²) in [7, 11) is -3.02. The summed E-state index contributed by atoms with van der Waals surface area (Å²) in [6.07, 6.45) is 5.14. The summed E-state index contributed by atoms with van der Waals surface area (Å²) >= 11 is 0. The first-order chi connectivity index (χ1) is 7.08. The molecule has 0 unspecified atom stereocenters. The molecule has 0 radical (unpaired) electrons. The lowest BCUT2D eigenvalue weighted by molar-refractivity contribution is 0.315. The van der Waals surface area contributed by atoms with Crippen LogP contribution in [0.1, 0.15) is 32.1 Å². The predicted octanol–water partition coefficient (Wildman–Crippen LogP) is 0.961. The Labute approximate surface area is 104 Å². The fourth-order valence-electron chi connectivity index (χ4n) is 2.08. The van der Waals surface area contributed by atoms with Crippen molar-refractivity contribution in [3.05, 3.63) is 0 Å². The maximum atomic E-state index is 11.9. The van der Waals surface area contributed by atoms with Crippen molar-refractivity contribution >= 4 is 22.4 Å². The minimum Gasteiger partial charge on any atom is -0.327 e. The molecule has 6 heteroatoms. The van der Waals surface area contributed by atoms with E-state index in [-0.39, 0.29) is 18.4 Å². The van der Waals surface area contributed by atoms with E-state index in [2.05, 4.69) is 0 Å². The van der Waals surface area contributed by atoms with Crippen molar-refractivity contribution in [2.75, 3.05) is 18.8 Å². The molecule has 1 heterocycles. The van der Waals surface area contributed by atoms with Crippen molar-refractivity contribution in [3.63, 3.8) is 0 Å². The van der Waals surface area contributed by atoms with Gasteiger partial charge in [-0.25, -0.2) is 12.7 Å². The summed E-state index contributed by atoms with van der Waals surface area (Å²) in [5.41, 5.74) is 5.78. The Morgan fingerprint density at radius 3 is 2.50 bits per heavy atom. The second kappa shape index (κ2) is 5.67. The normalized spacial score (nSPS) is 27.4. The molecule has 2 aliphatic rings. The molecule has 4 nitrogen and oxygen atoms in total. The average Bonchev–Trinajstić information content (AvgIpc) is 2.98. The van der Waals surface area contributed by atoms with Crippen LogP contribution in [-0.2, 0) is 10.0 Å². The highest BCUT2D eigenvalue weighted by Crippen LogP contribution is 2.33. The van der Waals surface area contributed by atoms with Crippen LogP contribution in [0.5, 0.6) is 0 Å². The quantitative estimate of drug-likeness (QED) is 0.826. The van der Waals surface area contributed by atoms with Crippen LogP contribution in [0, 0.1) is 5.92 Å². The first-order valence-corrected chi connectivity index (χ1v) is 7.42. The Balaban J connectivity index is 0.00000128. The highest BCUT2D eigenvalue weighted by atomic mass is 35.5. The molecule has 1 saturated carbocycles. The summed E-state index contributed by atoms with van der Waals surface area (Å²) in [5.74, 6) is 1.00. The van der Waals surface area contributed by atoms with Crippen molar-refractivity contribution in [1.82, 2.24) is 4.31 Å². The number of piperidine rings is 1. The standard InChI is InChI=1S/C10H20N2O2S.ClH/c11-10-2-1-6-12(8-10)15(13,14)7-5-9-3-4-9;/h9-10H,1-8,11H2;1H/t10-;/m1./s1. The first-order valence-electron chi connectivity index (χ1n) is 5.81. The lowest BCUT2D eigenvalue weighted by atomic mass is 10.1. The van der Waals surface area contributed by atoms with E-state index in [1.54, 1.807) is 4.31 Å². The van der Waals surface area contributed by atoms with Gasteiger partial charge in [-0.2, -0.15) is 0 Å². The summed E-state index contributed by atoms with van der Waals surface area (Å²) in [6, 6.07) is 0.0365. The lowest BCUT2D eigenvalue weighted by Crippen LogP contribution is -2.46. The van der Waals surface area contributed by atoms with Crippen LogP contribution >= 0.6 is 12.4 Å². The molecule has 1 saturated heterocycles. The maximum Gasteiger partial charge on any atom is 0.214 e. The zero-order valence-corrected chi connectivity index (χ0v) is 11.1. The highest BCUT2D eigenvalue weighted by molar-refractivity contribution is 7.89. The highest BCUT2D eigenvalue weighted by Gasteiger charge is 2.29. The third kappa shape index (κ3) is 3.87. The molecule has 96 valence electrons. The molecule has 1 atom stereocenters. The predicted molar refractivity (Wildman–Crippen MR) is 67.2 cm³/mol. The molecule has 0 spiro atoms. The van der Waals surface area contributed by atoms with Crippen LogP contribution in [0.2, 0.25) is 0 Å². The third-order valence-corrected chi connectivity index (χ3v) is 5.16. The van der Waals surface area contributed by atoms with Crippen molar-refractivity contribution in [1.29, 1.82) is 0 Å². The van der Waals surface area contributed by atoms with Gasteiger partial charge in [-0.1, -0.05) is 12.8 Å².